The Labute approximate surface area is 90.2 Å². The van der Waals surface area contributed by atoms with Gasteiger partial charge in [0.1, 0.15) is 5.75 Å². The molecule has 0 saturated heterocycles. The molecule has 0 aromatic heterocycles. The third-order valence-corrected chi connectivity index (χ3v) is 2.73. The van der Waals surface area contributed by atoms with Gasteiger partial charge in [-0.15, -0.1) is 0 Å². The molecule has 0 radical (unpaired) electrons. The molecule has 82 valence electrons. The predicted octanol–water partition coefficient (Wildman–Crippen LogP) is 1.92. The van der Waals surface area contributed by atoms with Gasteiger partial charge in [-0.05, 0) is 37.1 Å². The summed E-state index contributed by atoms with van der Waals surface area (Å²) in [6.07, 6.45) is 0. The van der Waals surface area contributed by atoms with Gasteiger partial charge in [0.2, 0.25) is 0 Å². The van der Waals surface area contributed by atoms with Gasteiger partial charge in [0.05, 0.1) is 20.3 Å². The molecule has 1 heterocycles. The first-order valence-corrected chi connectivity index (χ1v) is 5.09. The van der Waals surface area contributed by atoms with Crippen molar-refractivity contribution in [3.63, 3.8) is 0 Å². The van der Waals surface area contributed by atoms with E-state index in [1.54, 1.807) is 7.11 Å². The summed E-state index contributed by atoms with van der Waals surface area (Å²) >= 11 is 0. The Balaban J connectivity index is 2.54. The number of benzene rings is 1. The van der Waals surface area contributed by atoms with Gasteiger partial charge in [0.15, 0.2) is 0 Å². The molecule has 0 spiro atoms. The molecule has 1 aromatic carbocycles. The number of hydrogen-bond donors (Lipinski definition) is 1. The summed E-state index contributed by atoms with van der Waals surface area (Å²) in [6, 6.07) is 4.13. The molecule has 1 aromatic rings. The fourth-order valence-corrected chi connectivity index (χ4v) is 1.88. The van der Waals surface area contributed by atoms with Gasteiger partial charge in [-0.25, -0.2) is 0 Å². The van der Waals surface area contributed by atoms with Crippen LogP contribution in [0.5, 0.6) is 5.75 Å². The van der Waals surface area contributed by atoms with Crippen LogP contribution in [-0.2, 0) is 23.5 Å². The summed E-state index contributed by atoms with van der Waals surface area (Å²) < 4.78 is 10.7. The van der Waals surface area contributed by atoms with E-state index in [0.717, 1.165) is 11.3 Å². The molecule has 0 aliphatic carbocycles. The summed E-state index contributed by atoms with van der Waals surface area (Å²) in [5, 5.41) is 0. The van der Waals surface area contributed by atoms with E-state index in [1.807, 2.05) is 19.9 Å². The quantitative estimate of drug-likeness (QED) is 0.805. The standard InChI is InChI=1S/C12H17NO2/c1-12(2,13)10-4-8-6-15-7-9(8)5-11(10)14-3/h4-5H,6-7,13H2,1-3H3. The average Bonchev–Trinajstić information content (AvgIpc) is 2.60. The average molecular weight is 207 g/mol. The Morgan fingerprint density at radius 2 is 1.87 bits per heavy atom. The summed E-state index contributed by atoms with van der Waals surface area (Å²) in [5.74, 6) is 0.853. The molecule has 1 aliphatic heterocycles. The van der Waals surface area contributed by atoms with Crippen molar-refractivity contribution in [1.29, 1.82) is 0 Å². The zero-order chi connectivity index (χ0) is 11.1. The maximum absolute atomic E-state index is 6.11. The molecule has 0 unspecified atom stereocenters. The van der Waals surface area contributed by atoms with Crippen molar-refractivity contribution >= 4 is 0 Å². The molecule has 0 amide bonds. The van der Waals surface area contributed by atoms with Crippen LogP contribution in [0.15, 0.2) is 12.1 Å². The molecule has 0 atom stereocenters. The Morgan fingerprint density at radius 1 is 1.27 bits per heavy atom. The van der Waals surface area contributed by atoms with E-state index in [-0.39, 0.29) is 5.54 Å². The minimum absolute atomic E-state index is 0.386. The van der Waals surface area contributed by atoms with Gasteiger partial charge in [0.25, 0.3) is 0 Å². The Kier molecular flexibility index (Phi) is 2.44. The van der Waals surface area contributed by atoms with Crippen molar-refractivity contribution in [2.75, 3.05) is 7.11 Å². The minimum Gasteiger partial charge on any atom is -0.496 e. The van der Waals surface area contributed by atoms with Crippen LogP contribution in [0, 0.1) is 0 Å². The second-order valence-corrected chi connectivity index (χ2v) is 4.54. The van der Waals surface area contributed by atoms with Crippen LogP contribution in [0.3, 0.4) is 0 Å². The topological polar surface area (TPSA) is 44.5 Å². The van der Waals surface area contributed by atoms with Crippen LogP contribution < -0.4 is 10.5 Å². The number of nitrogens with two attached hydrogens (primary N) is 1. The van der Waals surface area contributed by atoms with Crippen molar-refractivity contribution in [2.24, 2.45) is 5.73 Å². The van der Waals surface area contributed by atoms with E-state index in [0.29, 0.717) is 13.2 Å². The Hall–Kier alpha value is -1.06. The highest BCUT2D eigenvalue weighted by molar-refractivity contribution is 5.46. The predicted molar refractivity (Wildman–Crippen MR) is 58.7 cm³/mol. The summed E-state index contributed by atoms with van der Waals surface area (Å²) in [4.78, 5) is 0. The fourth-order valence-electron chi connectivity index (χ4n) is 1.88. The van der Waals surface area contributed by atoms with Crippen LogP contribution in [0.1, 0.15) is 30.5 Å². The monoisotopic (exact) mass is 207 g/mol. The highest BCUT2D eigenvalue weighted by Crippen LogP contribution is 2.33. The van der Waals surface area contributed by atoms with E-state index in [2.05, 4.69) is 6.07 Å². The maximum atomic E-state index is 6.11. The third-order valence-electron chi connectivity index (χ3n) is 2.73. The second kappa shape index (κ2) is 3.51. The SMILES string of the molecule is COc1cc2c(cc1C(C)(C)N)COC2. The van der Waals surface area contributed by atoms with Gasteiger partial charge in [-0.3, -0.25) is 0 Å². The van der Waals surface area contributed by atoms with E-state index < -0.39 is 0 Å². The first kappa shape index (κ1) is 10.5. The fraction of sp³-hybridized carbons (Fsp3) is 0.500. The molecule has 2 N–H and O–H groups in total. The van der Waals surface area contributed by atoms with Crippen LogP contribution in [0.4, 0.5) is 0 Å². The van der Waals surface area contributed by atoms with Gasteiger partial charge in [0, 0.05) is 11.1 Å². The van der Waals surface area contributed by atoms with Gasteiger partial charge in [-0.2, -0.15) is 0 Å². The molecular weight excluding hydrogens is 190 g/mol. The normalized spacial score (nSPS) is 15.2. The van der Waals surface area contributed by atoms with Crippen LogP contribution in [-0.4, -0.2) is 7.11 Å². The molecule has 2 rings (SSSR count). The lowest BCUT2D eigenvalue weighted by Gasteiger charge is -2.23. The van der Waals surface area contributed by atoms with Crippen LogP contribution in [0.2, 0.25) is 0 Å². The third kappa shape index (κ3) is 1.85. The largest absolute Gasteiger partial charge is 0.496 e. The van der Waals surface area contributed by atoms with E-state index in [9.17, 15) is 0 Å². The van der Waals surface area contributed by atoms with Crippen LogP contribution >= 0.6 is 0 Å². The zero-order valence-electron chi connectivity index (χ0n) is 9.46. The van der Waals surface area contributed by atoms with Crippen LogP contribution in [0.25, 0.3) is 0 Å². The molecule has 0 fully saturated rings. The maximum Gasteiger partial charge on any atom is 0.124 e. The molecule has 0 bridgehead atoms. The van der Waals surface area contributed by atoms with Crippen molar-refractivity contribution < 1.29 is 9.47 Å². The molecule has 3 nitrogen and oxygen atoms in total. The number of hydrogen-bond acceptors (Lipinski definition) is 3. The number of rotatable bonds is 2. The second-order valence-electron chi connectivity index (χ2n) is 4.54. The number of fused-ring (bicyclic) bond motifs is 1. The number of ether oxygens (including phenoxy) is 2. The molecule has 1 aliphatic rings. The first-order chi connectivity index (χ1) is 7.02. The smallest absolute Gasteiger partial charge is 0.124 e. The number of methoxy groups -OCH3 is 1. The Morgan fingerprint density at radius 3 is 2.40 bits per heavy atom. The summed E-state index contributed by atoms with van der Waals surface area (Å²) in [7, 11) is 1.67. The highest BCUT2D eigenvalue weighted by Gasteiger charge is 2.23. The molecular formula is C12H17NO2. The van der Waals surface area contributed by atoms with Gasteiger partial charge >= 0.3 is 0 Å². The molecule has 3 heteroatoms. The minimum atomic E-state index is -0.386. The molecule has 15 heavy (non-hydrogen) atoms. The highest BCUT2D eigenvalue weighted by atomic mass is 16.5. The molecule has 0 saturated carbocycles. The van der Waals surface area contributed by atoms with E-state index in [4.69, 9.17) is 15.2 Å². The van der Waals surface area contributed by atoms with Crippen molar-refractivity contribution in [2.45, 2.75) is 32.6 Å². The first-order valence-electron chi connectivity index (χ1n) is 5.09. The van der Waals surface area contributed by atoms with Gasteiger partial charge < -0.3 is 15.2 Å². The zero-order valence-corrected chi connectivity index (χ0v) is 9.46. The Bertz CT molecular complexity index is 380. The summed E-state index contributed by atoms with van der Waals surface area (Å²) in [6.45, 7) is 5.32. The van der Waals surface area contributed by atoms with E-state index in [1.165, 1.54) is 11.1 Å². The van der Waals surface area contributed by atoms with E-state index >= 15 is 0 Å². The lowest BCUT2D eigenvalue weighted by atomic mass is 9.91. The van der Waals surface area contributed by atoms with Crippen molar-refractivity contribution in [3.8, 4) is 5.75 Å². The van der Waals surface area contributed by atoms with Crippen molar-refractivity contribution in [3.05, 3.63) is 28.8 Å². The van der Waals surface area contributed by atoms with Crippen molar-refractivity contribution in [1.82, 2.24) is 0 Å². The lowest BCUT2D eigenvalue weighted by molar-refractivity contribution is 0.134. The summed E-state index contributed by atoms with van der Waals surface area (Å²) in [5.41, 5.74) is 9.19. The van der Waals surface area contributed by atoms with Gasteiger partial charge in [-0.1, -0.05) is 0 Å². The lowest BCUT2D eigenvalue weighted by Crippen LogP contribution is -2.29.